The van der Waals surface area contributed by atoms with Crippen LogP contribution in [-0.2, 0) is 21.0 Å². The van der Waals surface area contributed by atoms with Crippen molar-refractivity contribution in [1.82, 2.24) is 0 Å². The number of ether oxygens (including phenoxy) is 2. The lowest BCUT2D eigenvalue weighted by Crippen LogP contribution is -2.27. The van der Waals surface area contributed by atoms with E-state index in [2.05, 4.69) is 9.47 Å². The maximum atomic E-state index is 13.9. The van der Waals surface area contributed by atoms with Gasteiger partial charge in [-0.15, -0.1) is 0 Å². The summed E-state index contributed by atoms with van der Waals surface area (Å²) in [4.78, 5) is 0. The summed E-state index contributed by atoms with van der Waals surface area (Å²) in [6, 6.07) is 0. The zero-order valence-corrected chi connectivity index (χ0v) is 13.3. The first-order chi connectivity index (χ1) is 10.7. The number of fused-ring (bicyclic) bond motifs is 1. The minimum absolute atomic E-state index is 0.173. The van der Waals surface area contributed by atoms with Crippen LogP contribution in [0.15, 0.2) is 4.21 Å². The first-order valence-electron chi connectivity index (χ1n) is 6.09. The number of hydrogen-bond donors (Lipinski definition) is 0. The summed E-state index contributed by atoms with van der Waals surface area (Å²) >= 11 is 0.173. The Balaban J connectivity index is 2.53. The first-order valence-corrected chi connectivity index (χ1v) is 8.80. The van der Waals surface area contributed by atoms with Crippen molar-refractivity contribution >= 4 is 21.2 Å². The van der Waals surface area contributed by atoms with Gasteiger partial charge >= 0.3 is 12.8 Å². The second kappa shape index (κ2) is 6.02. The van der Waals surface area contributed by atoms with Gasteiger partial charge in [-0.25, -0.2) is 17.2 Å². The lowest BCUT2D eigenvalue weighted by atomic mass is 10.2. The highest BCUT2D eigenvalue weighted by molar-refractivity contribution is 7.92. The number of rotatable bonds is 5. The Labute approximate surface area is 135 Å². The molecule has 0 spiro atoms. The van der Waals surface area contributed by atoms with E-state index in [1.807, 2.05) is 0 Å². The minimum atomic E-state index is -4.79. The van der Waals surface area contributed by atoms with Crippen LogP contribution in [-0.4, -0.2) is 40.0 Å². The Morgan fingerprint density at radius 3 is 2.38 bits per heavy atom. The molecule has 0 aromatic carbocycles. The van der Waals surface area contributed by atoms with Crippen LogP contribution in [0, 0.1) is 0 Å². The van der Waals surface area contributed by atoms with Gasteiger partial charge in [0, 0.05) is 23.8 Å². The maximum Gasteiger partial charge on any atom is 0.422 e. The lowest BCUT2D eigenvalue weighted by Gasteiger charge is -2.20. The smallest absolute Gasteiger partial charge is 0.422 e. The molecule has 4 nitrogen and oxygen atoms in total. The average Bonchev–Trinajstić information content (AvgIpc) is 2.80. The van der Waals surface area contributed by atoms with Crippen LogP contribution in [0.5, 0.6) is 5.06 Å². The van der Waals surface area contributed by atoms with E-state index in [-0.39, 0.29) is 11.3 Å². The normalized spacial score (nSPS) is 20.5. The molecule has 1 heterocycles. The third-order valence-corrected chi connectivity index (χ3v) is 5.98. The molecule has 2 rings (SSSR count). The standard InChI is InChI=1S/C11H9F7O4S2/c1-24(19,20)8-5-4(7(23-8)21-3-11(16,17)18)2-10(14,15)6(5)22-9(12)13/h6,9H,2-3H2,1H3/t6-/m0/s1. The predicted octanol–water partition coefficient (Wildman–Crippen LogP) is 3.56. The van der Waals surface area contributed by atoms with Crippen LogP contribution in [0.4, 0.5) is 30.7 Å². The van der Waals surface area contributed by atoms with Gasteiger partial charge in [-0.3, -0.25) is 0 Å². The van der Waals surface area contributed by atoms with Crippen LogP contribution in [0.3, 0.4) is 0 Å². The zero-order chi connectivity index (χ0) is 18.5. The van der Waals surface area contributed by atoms with Crippen molar-refractivity contribution in [3.05, 3.63) is 11.1 Å². The number of sulfone groups is 1. The van der Waals surface area contributed by atoms with E-state index < -0.39 is 68.1 Å². The van der Waals surface area contributed by atoms with Gasteiger partial charge in [0.05, 0.1) is 0 Å². The summed E-state index contributed by atoms with van der Waals surface area (Å²) in [6.07, 6.45) is -8.03. The number of alkyl halides is 7. The number of hydrogen-bond acceptors (Lipinski definition) is 5. The maximum absolute atomic E-state index is 13.9. The van der Waals surface area contributed by atoms with Crippen molar-refractivity contribution < 1.29 is 48.6 Å². The van der Waals surface area contributed by atoms with Crippen molar-refractivity contribution in [2.75, 3.05) is 12.9 Å². The van der Waals surface area contributed by atoms with E-state index >= 15 is 0 Å². The molecule has 0 aliphatic heterocycles. The third-order valence-electron chi connectivity index (χ3n) is 2.98. The third kappa shape index (κ3) is 3.94. The molecule has 13 heteroatoms. The lowest BCUT2D eigenvalue weighted by molar-refractivity contribution is -0.225. The highest BCUT2D eigenvalue weighted by atomic mass is 32.2. The average molecular weight is 402 g/mol. The van der Waals surface area contributed by atoms with Gasteiger partial charge in [-0.1, -0.05) is 11.3 Å². The van der Waals surface area contributed by atoms with E-state index in [9.17, 15) is 39.2 Å². The fourth-order valence-electron chi connectivity index (χ4n) is 2.22. The molecular formula is C11H9F7O4S2. The monoisotopic (exact) mass is 402 g/mol. The molecule has 0 unspecified atom stereocenters. The molecule has 0 fully saturated rings. The van der Waals surface area contributed by atoms with Crippen LogP contribution in [0.25, 0.3) is 0 Å². The van der Waals surface area contributed by atoms with Crippen LogP contribution < -0.4 is 4.74 Å². The molecule has 1 aliphatic rings. The van der Waals surface area contributed by atoms with Gasteiger partial charge in [-0.2, -0.15) is 22.0 Å². The van der Waals surface area contributed by atoms with E-state index in [1.54, 1.807) is 0 Å². The van der Waals surface area contributed by atoms with Crippen LogP contribution in [0.2, 0.25) is 0 Å². The highest BCUT2D eigenvalue weighted by Gasteiger charge is 2.54. The Morgan fingerprint density at radius 1 is 1.33 bits per heavy atom. The molecule has 0 N–H and O–H groups in total. The topological polar surface area (TPSA) is 52.6 Å². The quantitative estimate of drug-likeness (QED) is 0.707. The van der Waals surface area contributed by atoms with Crippen molar-refractivity contribution in [2.45, 2.75) is 35.4 Å². The summed E-state index contributed by atoms with van der Waals surface area (Å²) in [7, 11) is -4.18. The van der Waals surface area contributed by atoms with Crippen molar-refractivity contribution in [2.24, 2.45) is 0 Å². The Kier molecular flexibility index (Phi) is 4.83. The Hall–Kier alpha value is -1.08. The summed E-state index contributed by atoms with van der Waals surface area (Å²) in [5.74, 6) is -3.91. The molecule has 1 aromatic heterocycles. The van der Waals surface area contributed by atoms with Gasteiger partial charge in [-0.05, 0) is 0 Å². The van der Waals surface area contributed by atoms with Crippen LogP contribution >= 0.6 is 11.3 Å². The highest BCUT2D eigenvalue weighted by Crippen LogP contribution is 2.55. The molecule has 1 aromatic rings. The van der Waals surface area contributed by atoms with Crippen molar-refractivity contribution in [3.8, 4) is 5.06 Å². The zero-order valence-electron chi connectivity index (χ0n) is 11.7. The summed E-state index contributed by atoms with van der Waals surface area (Å²) in [6.45, 7) is -5.46. The second-order valence-electron chi connectivity index (χ2n) is 4.96. The van der Waals surface area contributed by atoms with Crippen molar-refractivity contribution in [1.29, 1.82) is 0 Å². The molecule has 0 bridgehead atoms. The number of thiophene rings is 1. The van der Waals surface area contributed by atoms with Crippen LogP contribution in [0.1, 0.15) is 17.2 Å². The molecule has 0 saturated heterocycles. The van der Waals surface area contributed by atoms with Gasteiger partial charge in [0.25, 0.3) is 5.92 Å². The summed E-state index contributed by atoms with van der Waals surface area (Å²) in [5.41, 5.74) is -1.34. The van der Waals surface area contributed by atoms with E-state index in [0.29, 0.717) is 6.26 Å². The molecule has 1 atom stereocenters. The minimum Gasteiger partial charge on any atom is -0.474 e. The SMILES string of the molecule is CS(=O)(=O)c1sc(OCC(F)(F)F)c2c1[C@H](OC(F)F)C(F)(F)C2. The second-order valence-corrected chi connectivity index (χ2v) is 8.15. The molecule has 0 saturated carbocycles. The Morgan fingerprint density at radius 2 is 1.92 bits per heavy atom. The molecule has 24 heavy (non-hydrogen) atoms. The number of halogens is 7. The van der Waals surface area contributed by atoms with Gasteiger partial charge < -0.3 is 9.47 Å². The Bertz CT molecular complexity index is 723. The summed E-state index contributed by atoms with van der Waals surface area (Å²) in [5, 5.41) is -0.706. The van der Waals surface area contributed by atoms with Gasteiger partial charge in [0.1, 0.15) is 4.21 Å². The molecule has 1 aliphatic carbocycles. The van der Waals surface area contributed by atoms with E-state index in [4.69, 9.17) is 0 Å². The fourth-order valence-corrected chi connectivity index (χ4v) is 4.61. The van der Waals surface area contributed by atoms with Gasteiger partial charge in [0.15, 0.2) is 27.6 Å². The molecule has 138 valence electrons. The van der Waals surface area contributed by atoms with Gasteiger partial charge in [0.2, 0.25) is 0 Å². The predicted molar refractivity (Wildman–Crippen MR) is 67.5 cm³/mol. The van der Waals surface area contributed by atoms with E-state index in [0.717, 1.165) is 0 Å². The molecular weight excluding hydrogens is 393 g/mol. The van der Waals surface area contributed by atoms with Crippen molar-refractivity contribution in [3.63, 3.8) is 0 Å². The molecule has 0 amide bonds. The first kappa shape index (κ1) is 19.2. The molecule has 0 radical (unpaired) electrons. The summed E-state index contributed by atoms with van der Waals surface area (Å²) < 4.78 is 120. The fraction of sp³-hybridized carbons (Fsp3) is 0.636. The largest absolute Gasteiger partial charge is 0.474 e. The van der Waals surface area contributed by atoms with E-state index in [1.165, 1.54) is 0 Å².